The van der Waals surface area contributed by atoms with E-state index in [-0.39, 0.29) is 0 Å². The summed E-state index contributed by atoms with van der Waals surface area (Å²) in [5.74, 6) is 0. The number of aromatic nitrogens is 1. The molecule has 15 heavy (non-hydrogen) atoms. The quantitative estimate of drug-likeness (QED) is 0.755. The number of hydrogen-bond acceptors (Lipinski definition) is 2. The van der Waals surface area contributed by atoms with Crippen LogP contribution in [-0.2, 0) is 6.18 Å². The highest BCUT2D eigenvalue weighted by Crippen LogP contribution is 2.27. The zero-order chi connectivity index (χ0) is 11.5. The van der Waals surface area contributed by atoms with Crippen LogP contribution in [0.1, 0.15) is 11.3 Å². The number of pyridine rings is 1. The smallest absolute Gasteiger partial charge is 0.383 e. The Bertz CT molecular complexity index is 356. The van der Waals surface area contributed by atoms with Crippen molar-refractivity contribution >= 4 is 6.08 Å². The van der Waals surface area contributed by atoms with Gasteiger partial charge in [-0.1, -0.05) is 0 Å². The van der Waals surface area contributed by atoms with Gasteiger partial charge in [0.2, 0.25) is 0 Å². The van der Waals surface area contributed by atoms with Gasteiger partial charge < -0.3 is 4.90 Å². The van der Waals surface area contributed by atoms with E-state index in [2.05, 4.69) is 4.98 Å². The summed E-state index contributed by atoms with van der Waals surface area (Å²) in [5, 5.41) is 0. The second-order valence-corrected chi connectivity index (χ2v) is 3.25. The average molecular weight is 216 g/mol. The predicted molar refractivity (Wildman–Crippen MR) is 52.0 cm³/mol. The van der Waals surface area contributed by atoms with Crippen molar-refractivity contribution in [3.8, 4) is 0 Å². The van der Waals surface area contributed by atoms with Crippen molar-refractivity contribution < 1.29 is 13.2 Å². The highest BCUT2D eigenvalue weighted by molar-refractivity contribution is 5.48. The maximum atomic E-state index is 12.3. The van der Waals surface area contributed by atoms with Gasteiger partial charge in [0.15, 0.2) is 0 Å². The van der Waals surface area contributed by atoms with E-state index in [0.29, 0.717) is 5.56 Å². The van der Waals surface area contributed by atoms with Gasteiger partial charge in [-0.3, -0.25) is 4.98 Å². The van der Waals surface area contributed by atoms with Crippen LogP contribution in [0, 0.1) is 0 Å². The second-order valence-electron chi connectivity index (χ2n) is 3.25. The van der Waals surface area contributed by atoms with Gasteiger partial charge in [-0.25, -0.2) is 0 Å². The molecule has 0 saturated heterocycles. The first kappa shape index (κ1) is 11.6. The summed E-state index contributed by atoms with van der Waals surface area (Å²) in [6, 6.07) is 2.54. The molecule has 0 amide bonds. The van der Waals surface area contributed by atoms with E-state index in [9.17, 15) is 13.2 Å². The number of halogens is 3. The SMILES string of the molecule is CN(C)C=Cc1ccnc(C(F)(F)F)c1. The Balaban J connectivity index is 2.93. The largest absolute Gasteiger partial charge is 0.433 e. The fourth-order valence-electron chi connectivity index (χ4n) is 0.941. The van der Waals surface area contributed by atoms with E-state index in [1.54, 1.807) is 31.3 Å². The highest BCUT2D eigenvalue weighted by atomic mass is 19.4. The molecule has 0 N–H and O–H groups in total. The van der Waals surface area contributed by atoms with Crippen LogP contribution in [0.25, 0.3) is 6.08 Å². The van der Waals surface area contributed by atoms with Gasteiger partial charge in [0.05, 0.1) is 0 Å². The zero-order valence-electron chi connectivity index (χ0n) is 8.42. The molecule has 0 aliphatic rings. The lowest BCUT2D eigenvalue weighted by molar-refractivity contribution is -0.141. The highest BCUT2D eigenvalue weighted by Gasteiger charge is 2.32. The first-order valence-corrected chi connectivity index (χ1v) is 4.27. The van der Waals surface area contributed by atoms with E-state index in [1.807, 2.05) is 0 Å². The van der Waals surface area contributed by atoms with Crippen LogP contribution in [0.15, 0.2) is 24.5 Å². The molecule has 0 bridgehead atoms. The molecule has 5 heteroatoms. The minimum absolute atomic E-state index is 0.478. The molecule has 0 aliphatic heterocycles. The lowest BCUT2D eigenvalue weighted by Gasteiger charge is -2.06. The molecule has 0 aromatic carbocycles. The van der Waals surface area contributed by atoms with E-state index < -0.39 is 11.9 Å². The Morgan fingerprint density at radius 3 is 2.53 bits per heavy atom. The third-order valence-corrected chi connectivity index (χ3v) is 1.64. The molecule has 0 fully saturated rings. The van der Waals surface area contributed by atoms with E-state index in [1.165, 1.54) is 6.07 Å². The van der Waals surface area contributed by atoms with Crippen LogP contribution < -0.4 is 0 Å². The van der Waals surface area contributed by atoms with Gasteiger partial charge in [-0.15, -0.1) is 0 Å². The first-order valence-electron chi connectivity index (χ1n) is 4.27. The summed E-state index contributed by atoms with van der Waals surface area (Å²) in [5.41, 5.74) is -0.394. The van der Waals surface area contributed by atoms with E-state index in [0.717, 1.165) is 12.3 Å². The monoisotopic (exact) mass is 216 g/mol. The van der Waals surface area contributed by atoms with Gasteiger partial charge in [-0.05, 0) is 30.0 Å². The molecule has 0 atom stereocenters. The second kappa shape index (κ2) is 4.33. The Morgan fingerprint density at radius 2 is 2.00 bits per heavy atom. The number of nitrogens with zero attached hydrogens (tertiary/aromatic N) is 2. The summed E-state index contributed by atoms with van der Waals surface area (Å²) in [6.07, 6.45) is 0.0343. The first-order chi connectivity index (χ1) is 6.89. The topological polar surface area (TPSA) is 16.1 Å². The standard InChI is InChI=1S/C10H11F3N2/c1-15(2)6-4-8-3-5-14-9(7-8)10(11,12)13/h3-7H,1-2H3. The van der Waals surface area contributed by atoms with Gasteiger partial charge >= 0.3 is 6.18 Å². The number of hydrogen-bond donors (Lipinski definition) is 0. The molecule has 82 valence electrons. The summed E-state index contributed by atoms with van der Waals surface area (Å²) >= 11 is 0. The van der Waals surface area contributed by atoms with Crippen LogP contribution in [0.2, 0.25) is 0 Å². The van der Waals surface area contributed by atoms with Crippen LogP contribution in [-0.4, -0.2) is 24.0 Å². The van der Waals surface area contributed by atoms with Gasteiger partial charge in [-0.2, -0.15) is 13.2 Å². The molecule has 2 nitrogen and oxygen atoms in total. The van der Waals surface area contributed by atoms with Crippen molar-refractivity contribution in [3.63, 3.8) is 0 Å². The molecule has 1 heterocycles. The normalized spacial score (nSPS) is 12.1. The minimum atomic E-state index is -4.39. The van der Waals surface area contributed by atoms with Crippen LogP contribution in [0.4, 0.5) is 13.2 Å². The Morgan fingerprint density at radius 1 is 1.33 bits per heavy atom. The van der Waals surface area contributed by atoms with Gasteiger partial charge in [0.25, 0.3) is 0 Å². The summed E-state index contributed by atoms with van der Waals surface area (Å²) in [7, 11) is 3.59. The molecule has 0 aliphatic carbocycles. The molecule has 0 radical (unpaired) electrons. The maximum absolute atomic E-state index is 12.3. The lowest BCUT2D eigenvalue weighted by atomic mass is 10.2. The van der Waals surface area contributed by atoms with Crippen molar-refractivity contribution in [2.75, 3.05) is 14.1 Å². The predicted octanol–water partition coefficient (Wildman–Crippen LogP) is 2.63. The van der Waals surface area contributed by atoms with Crippen molar-refractivity contribution in [3.05, 3.63) is 35.8 Å². The summed E-state index contributed by atoms with van der Waals surface area (Å²) in [6.45, 7) is 0. The molecule has 1 rings (SSSR count). The molecule has 0 spiro atoms. The van der Waals surface area contributed by atoms with Crippen molar-refractivity contribution in [2.45, 2.75) is 6.18 Å². The zero-order valence-corrected chi connectivity index (χ0v) is 8.42. The van der Waals surface area contributed by atoms with Crippen LogP contribution in [0.5, 0.6) is 0 Å². The van der Waals surface area contributed by atoms with E-state index >= 15 is 0 Å². The molecule has 1 aromatic heterocycles. The third kappa shape index (κ3) is 3.61. The van der Waals surface area contributed by atoms with Crippen molar-refractivity contribution in [1.82, 2.24) is 9.88 Å². The minimum Gasteiger partial charge on any atom is -0.383 e. The van der Waals surface area contributed by atoms with Crippen LogP contribution >= 0.6 is 0 Å². The fraction of sp³-hybridized carbons (Fsp3) is 0.300. The molecule has 0 unspecified atom stereocenters. The van der Waals surface area contributed by atoms with Gasteiger partial charge in [0, 0.05) is 20.3 Å². The van der Waals surface area contributed by atoms with Crippen molar-refractivity contribution in [2.24, 2.45) is 0 Å². The summed E-state index contributed by atoms with van der Waals surface area (Å²) in [4.78, 5) is 5.01. The van der Waals surface area contributed by atoms with Crippen LogP contribution in [0.3, 0.4) is 0 Å². The fourth-order valence-corrected chi connectivity index (χ4v) is 0.941. The molecular weight excluding hydrogens is 205 g/mol. The average Bonchev–Trinajstić information content (AvgIpc) is 2.14. The number of alkyl halides is 3. The number of rotatable bonds is 2. The molecule has 1 aromatic rings. The van der Waals surface area contributed by atoms with Gasteiger partial charge in [0.1, 0.15) is 5.69 Å². The van der Waals surface area contributed by atoms with E-state index in [4.69, 9.17) is 0 Å². The third-order valence-electron chi connectivity index (χ3n) is 1.64. The Kier molecular flexibility index (Phi) is 3.34. The Labute approximate surface area is 86.0 Å². The van der Waals surface area contributed by atoms with Crippen molar-refractivity contribution in [1.29, 1.82) is 0 Å². The summed E-state index contributed by atoms with van der Waals surface area (Å²) < 4.78 is 36.8. The molecule has 0 saturated carbocycles. The maximum Gasteiger partial charge on any atom is 0.433 e. The lowest BCUT2D eigenvalue weighted by Crippen LogP contribution is -2.07. The molecular formula is C10H11F3N2. The Hall–Kier alpha value is -1.52.